The van der Waals surface area contributed by atoms with Crippen molar-refractivity contribution in [2.45, 2.75) is 13.0 Å². The van der Waals surface area contributed by atoms with Crippen LogP contribution in [0, 0.1) is 5.82 Å². The van der Waals surface area contributed by atoms with E-state index in [1.807, 2.05) is 0 Å². The standard InChI is InChI=1S/C16H13FN2O2/c1-10(11-6-8-12(17)9-7-11)19-15(20)13-4-2-3-5-14(13)18-16(19)21/h2-10H,1H3,(H,18,21). The van der Waals surface area contributed by atoms with Gasteiger partial charge in [-0.25, -0.2) is 9.18 Å². The molecule has 1 aromatic heterocycles. The summed E-state index contributed by atoms with van der Waals surface area (Å²) in [7, 11) is 0. The first-order chi connectivity index (χ1) is 10.1. The first-order valence-electron chi connectivity index (χ1n) is 6.57. The van der Waals surface area contributed by atoms with Crippen molar-refractivity contribution in [3.8, 4) is 0 Å². The Hall–Kier alpha value is -2.69. The van der Waals surface area contributed by atoms with Gasteiger partial charge >= 0.3 is 5.69 Å². The molecule has 106 valence electrons. The highest BCUT2D eigenvalue weighted by atomic mass is 19.1. The Kier molecular flexibility index (Phi) is 3.17. The Bertz CT molecular complexity index is 910. The van der Waals surface area contributed by atoms with Crippen LogP contribution in [-0.4, -0.2) is 9.55 Å². The van der Waals surface area contributed by atoms with E-state index >= 15 is 0 Å². The summed E-state index contributed by atoms with van der Waals surface area (Å²) in [5.74, 6) is -0.356. The highest BCUT2D eigenvalue weighted by Gasteiger charge is 2.15. The van der Waals surface area contributed by atoms with Crippen LogP contribution in [0.25, 0.3) is 10.9 Å². The van der Waals surface area contributed by atoms with E-state index in [1.54, 1.807) is 43.3 Å². The fourth-order valence-electron chi connectivity index (χ4n) is 2.42. The average Bonchev–Trinajstić information content (AvgIpc) is 2.48. The Morgan fingerprint density at radius 3 is 2.43 bits per heavy atom. The maximum atomic E-state index is 13.0. The highest BCUT2D eigenvalue weighted by molar-refractivity contribution is 5.76. The molecule has 21 heavy (non-hydrogen) atoms. The molecule has 0 radical (unpaired) electrons. The Morgan fingerprint density at radius 1 is 1.05 bits per heavy atom. The van der Waals surface area contributed by atoms with Gasteiger partial charge in [-0.3, -0.25) is 9.36 Å². The summed E-state index contributed by atoms with van der Waals surface area (Å²) in [5, 5.41) is 0.450. The molecule has 0 bridgehead atoms. The van der Waals surface area contributed by atoms with Crippen LogP contribution < -0.4 is 11.2 Å². The maximum Gasteiger partial charge on any atom is 0.329 e. The molecule has 3 aromatic rings. The predicted molar refractivity (Wildman–Crippen MR) is 79.0 cm³/mol. The van der Waals surface area contributed by atoms with Crippen molar-refractivity contribution in [2.24, 2.45) is 0 Å². The van der Waals surface area contributed by atoms with Gasteiger partial charge in [0.2, 0.25) is 0 Å². The summed E-state index contributed by atoms with van der Waals surface area (Å²) >= 11 is 0. The van der Waals surface area contributed by atoms with Gasteiger partial charge in [-0.2, -0.15) is 0 Å². The molecule has 2 aromatic carbocycles. The fraction of sp³-hybridized carbons (Fsp3) is 0.125. The third-order valence-electron chi connectivity index (χ3n) is 3.58. The summed E-state index contributed by atoms with van der Waals surface area (Å²) in [6.45, 7) is 1.73. The molecule has 0 aliphatic rings. The number of fused-ring (bicyclic) bond motifs is 1. The van der Waals surface area contributed by atoms with Crippen LogP contribution in [0.5, 0.6) is 0 Å². The predicted octanol–water partition coefficient (Wildman–Crippen LogP) is 2.44. The molecule has 4 nitrogen and oxygen atoms in total. The largest absolute Gasteiger partial charge is 0.329 e. The zero-order valence-electron chi connectivity index (χ0n) is 11.3. The van der Waals surface area contributed by atoms with E-state index in [9.17, 15) is 14.0 Å². The molecule has 0 aliphatic heterocycles. The first-order valence-corrected chi connectivity index (χ1v) is 6.57. The van der Waals surface area contributed by atoms with Gasteiger partial charge < -0.3 is 4.98 Å². The van der Waals surface area contributed by atoms with Gasteiger partial charge in [0, 0.05) is 0 Å². The number of hydrogen-bond donors (Lipinski definition) is 1. The van der Waals surface area contributed by atoms with Gasteiger partial charge in [0.15, 0.2) is 0 Å². The van der Waals surface area contributed by atoms with E-state index in [0.29, 0.717) is 16.5 Å². The summed E-state index contributed by atoms with van der Waals surface area (Å²) in [5.41, 5.74) is 0.371. The van der Waals surface area contributed by atoms with Crippen LogP contribution in [0.3, 0.4) is 0 Å². The van der Waals surface area contributed by atoms with Crippen LogP contribution in [0.2, 0.25) is 0 Å². The molecule has 1 N–H and O–H groups in total. The molecule has 0 amide bonds. The number of nitrogens with one attached hydrogen (secondary N) is 1. The van der Waals surface area contributed by atoms with Gasteiger partial charge in [-0.05, 0) is 36.8 Å². The molecule has 1 atom stereocenters. The van der Waals surface area contributed by atoms with E-state index in [4.69, 9.17) is 0 Å². The third kappa shape index (κ3) is 2.27. The minimum atomic E-state index is -0.480. The van der Waals surface area contributed by atoms with Crippen LogP contribution in [0.4, 0.5) is 4.39 Å². The van der Waals surface area contributed by atoms with Gasteiger partial charge in [-0.15, -0.1) is 0 Å². The summed E-state index contributed by atoms with van der Waals surface area (Å²) in [6, 6.07) is 12.1. The quantitative estimate of drug-likeness (QED) is 0.786. The van der Waals surface area contributed by atoms with Crippen molar-refractivity contribution in [3.05, 3.63) is 80.7 Å². The van der Waals surface area contributed by atoms with Gasteiger partial charge in [0.05, 0.1) is 16.9 Å². The molecule has 0 fully saturated rings. The summed E-state index contributed by atoms with van der Waals surface area (Å²) in [4.78, 5) is 27.4. The van der Waals surface area contributed by atoms with Crippen molar-refractivity contribution in [1.29, 1.82) is 0 Å². The maximum absolute atomic E-state index is 13.0. The number of benzene rings is 2. The fourth-order valence-corrected chi connectivity index (χ4v) is 2.42. The number of para-hydroxylation sites is 1. The topological polar surface area (TPSA) is 54.9 Å². The zero-order valence-corrected chi connectivity index (χ0v) is 11.3. The molecule has 3 rings (SSSR count). The normalized spacial score (nSPS) is 12.5. The van der Waals surface area contributed by atoms with Crippen molar-refractivity contribution in [1.82, 2.24) is 9.55 Å². The molecular formula is C16H13FN2O2. The third-order valence-corrected chi connectivity index (χ3v) is 3.58. The van der Waals surface area contributed by atoms with Crippen molar-refractivity contribution in [2.75, 3.05) is 0 Å². The Labute approximate surface area is 119 Å². The van der Waals surface area contributed by atoms with Crippen molar-refractivity contribution >= 4 is 10.9 Å². The van der Waals surface area contributed by atoms with Crippen LogP contribution in [0.15, 0.2) is 58.1 Å². The SMILES string of the molecule is CC(c1ccc(F)cc1)n1c(=O)[nH]c2ccccc2c1=O. The van der Waals surface area contributed by atoms with Crippen LogP contribution in [-0.2, 0) is 0 Å². The number of H-pyrrole nitrogens is 1. The van der Waals surface area contributed by atoms with E-state index < -0.39 is 11.7 Å². The zero-order chi connectivity index (χ0) is 15.0. The van der Waals surface area contributed by atoms with Crippen molar-refractivity contribution < 1.29 is 4.39 Å². The number of hydrogen-bond acceptors (Lipinski definition) is 2. The lowest BCUT2D eigenvalue weighted by atomic mass is 10.1. The number of aromatic nitrogens is 2. The van der Waals surface area contributed by atoms with Crippen LogP contribution in [0.1, 0.15) is 18.5 Å². The van der Waals surface area contributed by atoms with E-state index in [-0.39, 0.29) is 11.4 Å². The molecule has 0 saturated heterocycles. The lowest BCUT2D eigenvalue weighted by molar-refractivity contribution is 0.580. The monoisotopic (exact) mass is 284 g/mol. The van der Waals surface area contributed by atoms with Gasteiger partial charge in [0.1, 0.15) is 5.82 Å². The second-order valence-electron chi connectivity index (χ2n) is 4.88. The molecule has 0 saturated carbocycles. The summed E-state index contributed by atoms with van der Waals surface area (Å²) < 4.78 is 14.1. The van der Waals surface area contributed by atoms with Gasteiger partial charge in [0.25, 0.3) is 5.56 Å². The highest BCUT2D eigenvalue weighted by Crippen LogP contribution is 2.15. The molecule has 0 aliphatic carbocycles. The van der Waals surface area contributed by atoms with E-state index in [1.165, 1.54) is 12.1 Å². The number of halogens is 1. The minimum absolute atomic E-state index is 0.355. The second kappa shape index (κ2) is 5.01. The lowest BCUT2D eigenvalue weighted by Gasteiger charge is -2.15. The molecule has 0 spiro atoms. The molecule has 1 heterocycles. The van der Waals surface area contributed by atoms with Crippen molar-refractivity contribution in [3.63, 3.8) is 0 Å². The van der Waals surface area contributed by atoms with Gasteiger partial charge in [-0.1, -0.05) is 24.3 Å². The number of nitrogens with zero attached hydrogens (tertiary/aromatic N) is 1. The Morgan fingerprint density at radius 2 is 1.71 bits per heavy atom. The summed E-state index contributed by atoms with van der Waals surface area (Å²) in [6.07, 6.45) is 0. The van der Waals surface area contributed by atoms with E-state index in [2.05, 4.69) is 4.98 Å². The lowest BCUT2D eigenvalue weighted by Crippen LogP contribution is -2.37. The molecular weight excluding hydrogens is 271 g/mol. The molecule has 5 heteroatoms. The minimum Gasteiger partial charge on any atom is -0.307 e. The first kappa shape index (κ1) is 13.3. The number of rotatable bonds is 2. The second-order valence-corrected chi connectivity index (χ2v) is 4.88. The Balaban J connectivity index is 2.22. The average molecular weight is 284 g/mol. The van der Waals surface area contributed by atoms with Crippen LogP contribution >= 0.6 is 0 Å². The molecule has 1 unspecified atom stereocenters. The smallest absolute Gasteiger partial charge is 0.307 e. The van der Waals surface area contributed by atoms with E-state index in [0.717, 1.165) is 4.57 Å². The number of aromatic amines is 1.